The normalized spacial score (nSPS) is 37.7. The summed E-state index contributed by atoms with van der Waals surface area (Å²) < 4.78 is 10.3. The number of hydrogen-bond donors (Lipinski definition) is 1. The summed E-state index contributed by atoms with van der Waals surface area (Å²) in [5.41, 5.74) is 0.536. The first kappa shape index (κ1) is 18.5. The quantitative estimate of drug-likeness (QED) is 0.370. The van der Waals surface area contributed by atoms with Crippen molar-refractivity contribution in [2.45, 2.75) is 46.5 Å². The number of ether oxygens (including phenoxy) is 2. The van der Waals surface area contributed by atoms with Gasteiger partial charge in [-0.15, -0.1) is 0 Å². The van der Waals surface area contributed by atoms with Gasteiger partial charge in [-0.1, -0.05) is 31.2 Å². The monoisotopic (exact) mass is 337 g/mol. The number of hydrogen-bond acceptors (Lipinski definition) is 6. The minimum absolute atomic E-state index is 0.0265. The number of carbonyl (C=O) groups is 2. The summed E-state index contributed by atoms with van der Waals surface area (Å²) in [6, 6.07) is 0. The number of nitrogens with zero attached hydrogens (tertiary/aromatic N) is 1. The van der Waals surface area contributed by atoms with Crippen LogP contribution in [-0.2, 0) is 19.1 Å². The molecule has 2 fully saturated rings. The van der Waals surface area contributed by atoms with Crippen molar-refractivity contribution in [2.75, 3.05) is 13.7 Å². The maximum atomic E-state index is 12.4. The molecule has 2 saturated carbocycles. The van der Waals surface area contributed by atoms with Crippen LogP contribution in [0.1, 0.15) is 46.5 Å². The molecule has 0 unspecified atom stereocenters. The number of rotatable bonds is 3. The molecule has 1 N–H and O–H groups in total. The Morgan fingerprint density at radius 2 is 2.04 bits per heavy atom. The highest BCUT2D eigenvalue weighted by Crippen LogP contribution is 2.60. The fourth-order valence-electron chi connectivity index (χ4n) is 4.86. The summed E-state index contributed by atoms with van der Waals surface area (Å²) in [5.74, 6) is -1.01. The Morgan fingerprint density at radius 1 is 1.38 bits per heavy atom. The molecule has 4 atom stereocenters. The highest BCUT2D eigenvalue weighted by Gasteiger charge is 2.59. The summed E-state index contributed by atoms with van der Waals surface area (Å²) in [6.07, 6.45) is 2.75. The molecule has 0 saturated heterocycles. The molecule has 0 heterocycles. The van der Waals surface area contributed by atoms with Crippen LogP contribution in [0.25, 0.3) is 0 Å². The Kier molecular flexibility index (Phi) is 5.06. The second-order valence-electron chi connectivity index (χ2n) is 7.46. The molecule has 0 spiro atoms. The van der Waals surface area contributed by atoms with Crippen molar-refractivity contribution in [3.8, 4) is 0 Å². The first-order valence-electron chi connectivity index (χ1n) is 8.31. The lowest BCUT2D eigenvalue weighted by Gasteiger charge is -2.57. The van der Waals surface area contributed by atoms with Crippen LogP contribution in [0.15, 0.2) is 17.3 Å². The second kappa shape index (κ2) is 6.57. The molecule has 0 radical (unpaired) electrons. The predicted octanol–water partition coefficient (Wildman–Crippen LogP) is 2.94. The van der Waals surface area contributed by atoms with Gasteiger partial charge in [0.1, 0.15) is 6.61 Å². The number of oxime groups is 1. The van der Waals surface area contributed by atoms with Gasteiger partial charge >= 0.3 is 11.9 Å². The Balaban J connectivity index is 2.46. The lowest BCUT2D eigenvalue weighted by Crippen LogP contribution is -2.57. The molecule has 6 heteroatoms. The smallest absolute Gasteiger partial charge is 0.313 e. The van der Waals surface area contributed by atoms with Crippen LogP contribution in [0.3, 0.4) is 0 Å². The fourth-order valence-corrected chi connectivity index (χ4v) is 4.86. The van der Waals surface area contributed by atoms with Gasteiger partial charge in [-0.05, 0) is 37.0 Å². The molecule has 2 aliphatic carbocycles. The molecule has 6 nitrogen and oxygen atoms in total. The largest absolute Gasteiger partial charge is 0.469 e. The minimum Gasteiger partial charge on any atom is -0.469 e. The summed E-state index contributed by atoms with van der Waals surface area (Å²) in [6.45, 7) is 9.63. The Labute approximate surface area is 142 Å². The number of carbonyl (C=O) groups excluding carboxylic acids is 2. The molecule has 0 aromatic heterocycles. The zero-order valence-corrected chi connectivity index (χ0v) is 14.9. The van der Waals surface area contributed by atoms with Crippen molar-refractivity contribution in [3.05, 3.63) is 12.2 Å². The summed E-state index contributed by atoms with van der Waals surface area (Å²) >= 11 is 0. The highest BCUT2D eigenvalue weighted by molar-refractivity contribution is 5.91. The van der Waals surface area contributed by atoms with Crippen molar-refractivity contribution in [2.24, 2.45) is 27.8 Å². The van der Waals surface area contributed by atoms with E-state index < -0.39 is 11.3 Å². The molecule has 0 aromatic carbocycles. The van der Waals surface area contributed by atoms with Crippen LogP contribution in [-0.4, -0.2) is 36.6 Å². The van der Waals surface area contributed by atoms with E-state index in [1.165, 1.54) is 14.0 Å². The molecular formula is C18H27NO5. The van der Waals surface area contributed by atoms with E-state index in [0.717, 1.165) is 12.0 Å². The molecule has 2 rings (SSSR count). The third kappa shape index (κ3) is 2.82. The standard InChI is InChI=1S/C18H27NO5/c1-11-6-7-13-17(3,15(11)16(21)23-5)9-8-14(19-22)18(13,4)10-24-12(2)20/h13,15,22H,1,6-10H2,2-5H3/b19-14+/t13-,15-,17+,18+/m1/s1. The third-order valence-corrected chi connectivity index (χ3v) is 6.08. The van der Waals surface area contributed by atoms with E-state index in [0.29, 0.717) is 25.0 Å². The third-order valence-electron chi connectivity index (χ3n) is 6.08. The van der Waals surface area contributed by atoms with Gasteiger partial charge < -0.3 is 14.7 Å². The number of methoxy groups -OCH3 is 1. The molecule has 2 aliphatic rings. The zero-order valence-electron chi connectivity index (χ0n) is 14.9. The summed E-state index contributed by atoms with van der Waals surface area (Å²) in [4.78, 5) is 23.7. The van der Waals surface area contributed by atoms with Crippen LogP contribution >= 0.6 is 0 Å². The van der Waals surface area contributed by atoms with E-state index in [9.17, 15) is 14.8 Å². The number of esters is 2. The summed E-state index contributed by atoms with van der Waals surface area (Å²) in [7, 11) is 1.39. The maximum Gasteiger partial charge on any atom is 0.313 e. The maximum absolute atomic E-state index is 12.4. The van der Waals surface area contributed by atoms with Gasteiger partial charge in [-0.25, -0.2) is 0 Å². The van der Waals surface area contributed by atoms with Crippen LogP contribution in [0, 0.1) is 22.7 Å². The van der Waals surface area contributed by atoms with Gasteiger partial charge in [0.05, 0.1) is 18.7 Å². The fraction of sp³-hybridized carbons (Fsp3) is 0.722. The van der Waals surface area contributed by atoms with Crippen molar-refractivity contribution in [3.63, 3.8) is 0 Å². The molecule has 24 heavy (non-hydrogen) atoms. The average molecular weight is 337 g/mol. The predicted molar refractivity (Wildman–Crippen MR) is 88.7 cm³/mol. The molecular weight excluding hydrogens is 310 g/mol. The molecule has 0 bridgehead atoms. The van der Waals surface area contributed by atoms with E-state index in [4.69, 9.17) is 9.47 Å². The average Bonchev–Trinajstić information content (AvgIpc) is 2.52. The van der Waals surface area contributed by atoms with E-state index in [2.05, 4.69) is 18.7 Å². The van der Waals surface area contributed by atoms with Gasteiger partial charge in [0.2, 0.25) is 0 Å². The van der Waals surface area contributed by atoms with Crippen molar-refractivity contribution >= 4 is 17.7 Å². The molecule has 134 valence electrons. The van der Waals surface area contributed by atoms with Crippen LogP contribution in [0.4, 0.5) is 0 Å². The SMILES string of the molecule is C=C1CC[C@@H]2[C@](C)(CC/C(=N\O)[C@@]2(C)COC(C)=O)[C@H]1C(=O)OC. The second-order valence-corrected chi connectivity index (χ2v) is 7.46. The van der Waals surface area contributed by atoms with E-state index >= 15 is 0 Å². The van der Waals surface area contributed by atoms with Crippen LogP contribution in [0.2, 0.25) is 0 Å². The Hall–Kier alpha value is -1.85. The zero-order chi connectivity index (χ0) is 18.1. The van der Waals surface area contributed by atoms with Crippen molar-refractivity contribution < 1.29 is 24.3 Å². The van der Waals surface area contributed by atoms with Gasteiger partial charge in [0.15, 0.2) is 0 Å². The van der Waals surface area contributed by atoms with Crippen molar-refractivity contribution in [1.29, 1.82) is 0 Å². The van der Waals surface area contributed by atoms with E-state index in [1.807, 2.05) is 6.92 Å². The first-order chi connectivity index (χ1) is 11.2. The van der Waals surface area contributed by atoms with Gasteiger partial charge in [-0.2, -0.15) is 0 Å². The van der Waals surface area contributed by atoms with E-state index in [1.54, 1.807) is 0 Å². The first-order valence-corrected chi connectivity index (χ1v) is 8.31. The van der Waals surface area contributed by atoms with Gasteiger partial charge in [-0.3, -0.25) is 9.59 Å². The van der Waals surface area contributed by atoms with Crippen molar-refractivity contribution in [1.82, 2.24) is 0 Å². The number of fused-ring (bicyclic) bond motifs is 1. The highest BCUT2D eigenvalue weighted by atomic mass is 16.5. The van der Waals surface area contributed by atoms with Gasteiger partial charge in [0, 0.05) is 12.3 Å². The molecule has 0 amide bonds. The Bertz CT molecular complexity index is 576. The van der Waals surface area contributed by atoms with Crippen LogP contribution < -0.4 is 0 Å². The minimum atomic E-state index is -0.611. The summed E-state index contributed by atoms with van der Waals surface area (Å²) in [5, 5.41) is 13.0. The lowest BCUT2D eigenvalue weighted by molar-refractivity contribution is -0.157. The Morgan fingerprint density at radius 3 is 2.58 bits per heavy atom. The topological polar surface area (TPSA) is 85.2 Å². The van der Waals surface area contributed by atoms with E-state index in [-0.39, 0.29) is 29.9 Å². The van der Waals surface area contributed by atoms with Gasteiger partial charge in [0.25, 0.3) is 0 Å². The molecule has 0 aliphatic heterocycles. The molecule has 0 aromatic rings. The lowest BCUT2D eigenvalue weighted by atomic mass is 9.46. The van der Waals surface area contributed by atoms with Crippen LogP contribution in [0.5, 0.6) is 0 Å².